The van der Waals surface area contributed by atoms with Gasteiger partial charge in [0.25, 0.3) is 0 Å². The summed E-state index contributed by atoms with van der Waals surface area (Å²) in [7, 11) is 2.05. The largest absolute Gasteiger partial charge is 0.460 e. The number of likely N-dealkylation sites (tertiary alicyclic amines) is 1. The van der Waals surface area contributed by atoms with E-state index in [4.69, 9.17) is 33.7 Å². The Hall–Kier alpha value is -7.91. The standard InChI is InChI=1S/C71H90N10O10/c1-7-17-62-72-59-29-28-54(67-73-58-20-13-14-21-60(58)77(67)6)45-61(59)81(62)46-50-22-24-51(25-23-50)56-18-11-12-19-57(56)70(86)91-43-42-89-41-40-88-39-38-87-37-35-79-48-55(75-76-79)47-78(64(83)31-30-63(82)74-71(4,5)32-36-90-49(3)8-2)33-15-9-10-16-34-80-68(84)65-52-26-27-53(44-52)66(65)69(80)85/h11-14,18-29,45,48-49,52-53,65-66H,7-10,15-17,30-44,46-47H2,1-6H3,(H,74,82)/t49?,52?,53?,65-,66+. The van der Waals surface area contributed by atoms with Crippen molar-refractivity contribution in [2.75, 3.05) is 65.9 Å². The average Bonchev–Trinajstić information content (AvgIpc) is 1.59. The molecule has 0 spiro atoms. The second-order valence-corrected chi connectivity index (χ2v) is 25.1. The smallest absolute Gasteiger partial charge is 0.338 e. The van der Waals surface area contributed by atoms with Gasteiger partial charge in [0.05, 0.1) is 104 Å². The number of carbonyl (C=O) groups is 5. The summed E-state index contributed by atoms with van der Waals surface area (Å²) in [5, 5.41) is 11.7. The lowest BCUT2D eigenvalue weighted by Gasteiger charge is -2.27. The van der Waals surface area contributed by atoms with Crippen molar-refractivity contribution >= 4 is 51.7 Å². The van der Waals surface area contributed by atoms with Gasteiger partial charge in [-0.2, -0.15) is 0 Å². The summed E-state index contributed by atoms with van der Waals surface area (Å²) in [6.07, 6.45) is 13.6. The van der Waals surface area contributed by atoms with Crippen molar-refractivity contribution in [3.05, 3.63) is 132 Å². The molecular weight excluding hydrogens is 1150 g/mol. The first kappa shape index (κ1) is 66.0. The first-order chi connectivity index (χ1) is 44.2. The maximum Gasteiger partial charge on any atom is 0.338 e. The summed E-state index contributed by atoms with van der Waals surface area (Å²) in [6, 6.07) is 30.4. The number of amides is 4. The van der Waals surface area contributed by atoms with Crippen LogP contribution in [0.15, 0.2) is 109 Å². The minimum atomic E-state index is -0.488. The van der Waals surface area contributed by atoms with Crippen molar-refractivity contribution in [3.63, 3.8) is 0 Å². The summed E-state index contributed by atoms with van der Waals surface area (Å²) < 4.78 is 34.9. The van der Waals surface area contributed by atoms with Gasteiger partial charge in [-0.3, -0.25) is 24.1 Å². The van der Waals surface area contributed by atoms with Crippen LogP contribution in [0.5, 0.6) is 0 Å². The molecule has 4 heterocycles. The molecule has 91 heavy (non-hydrogen) atoms. The Bertz CT molecular complexity index is 3610. The lowest BCUT2D eigenvalue weighted by atomic mass is 9.85. The van der Waals surface area contributed by atoms with Crippen molar-refractivity contribution < 1.29 is 47.7 Å². The molecule has 1 saturated carbocycles. The number of hydrogen-bond donors (Lipinski definition) is 1. The number of aromatic nitrogens is 7. The van der Waals surface area contributed by atoms with Crippen LogP contribution in [0, 0.1) is 23.7 Å². The first-order valence-corrected chi connectivity index (χ1v) is 32.8. The highest BCUT2D eigenvalue weighted by Crippen LogP contribution is 2.52. The Morgan fingerprint density at radius 3 is 2.15 bits per heavy atom. The molecule has 5 atom stereocenters. The third-order valence-corrected chi connectivity index (χ3v) is 17.9. The molecule has 10 rings (SSSR count). The summed E-state index contributed by atoms with van der Waals surface area (Å²) in [5.41, 5.74) is 8.52. The fourth-order valence-corrected chi connectivity index (χ4v) is 12.8. The van der Waals surface area contributed by atoms with Gasteiger partial charge in [0.1, 0.15) is 23.9 Å². The average molecular weight is 1240 g/mol. The second kappa shape index (κ2) is 31.4. The van der Waals surface area contributed by atoms with E-state index >= 15 is 0 Å². The summed E-state index contributed by atoms with van der Waals surface area (Å²) in [5.74, 6) is 1.18. The number of unbranched alkanes of at least 4 members (excludes halogenated alkanes) is 3. The molecule has 1 aliphatic heterocycles. The van der Waals surface area contributed by atoms with Crippen LogP contribution < -0.4 is 5.32 Å². The molecule has 2 bridgehead atoms. The molecule has 20 nitrogen and oxygen atoms in total. The van der Waals surface area contributed by atoms with Crippen LogP contribution in [-0.4, -0.2) is 151 Å². The van der Waals surface area contributed by atoms with Crippen molar-refractivity contribution in [3.8, 4) is 22.5 Å². The number of allylic oxidation sites excluding steroid dienone is 2. The minimum absolute atomic E-state index is 0.0141. The van der Waals surface area contributed by atoms with Crippen molar-refractivity contribution in [2.45, 2.75) is 137 Å². The molecule has 3 aromatic heterocycles. The fraction of sp³-hybridized carbons (Fsp3) is 0.507. The summed E-state index contributed by atoms with van der Waals surface area (Å²) >= 11 is 0. The van der Waals surface area contributed by atoms with Gasteiger partial charge in [0, 0.05) is 63.7 Å². The van der Waals surface area contributed by atoms with Gasteiger partial charge in [-0.15, -0.1) is 5.10 Å². The van der Waals surface area contributed by atoms with E-state index in [-0.39, 0.29) is 86.0 Å². The molecule has 2 fully saturated rings. The van der Waals surface area contributed by atoms with E-state index in [1.54, 1.807) is 21.8 Å². The number of rotatable bonds is 37. The third kappa shape index (κ3) is 16.8. The minimum Gasteiger partial charge on any atom is -0.460 e. The van der Waals surface area contributed by atoms with Crippen molar-refractivity contribution in [1.29, 1.82) is 0 Å². The molecule has 484 valence electrons. The number of hydrogen-bond acceptors (Lipinski definition) is 14. The Balaban J connectivity index is 0.615. The van der Waals surface area contributed by atoms with E-state index in [1.807, 2.05) is 57.2 Å². The Morgan fingerprint density at radius 1 is 0.736 bits per heavy atom. The van der Waals surface area contributed by atoms with E-state index in [0.717, 1.165) is 94.5 Å². The van der Waals surface area contributed by atoms with Gasteiger partial charge >= 0.3 is 5.97 Å². The second-order valence-electron chi connectivity index (χ2n) is 25.1. The Morgan fingerprint density at radius 2 is 1.42 bits per heavy atom. The van der Waals surface area contributed by atoms with Gasteiger partial charge in [0.15, 0.2) is 0 Å². The molecule has 3 aliphatic rings. The fourth-order valence-electron chi connectivity index (χ4n) is 12.8. The number of esters is 1. The zero-order valence-corrected chi connectivity index (χ0v) is 53.9. The maximum atomic E-state index is 13.8. The number of imide groups is 1. The number of carbonyl (C=O) groups excluding carboxylic acids is 5. The van der Waals surface area contributed by atoms with Crippen LogP contribution in [-0.2, 0) is 76.0 Å². The van der Waals surface area contributed by atoms with E-state index in [2.05, 4.69) is 106 Å². The number of imidazole rings is 2. The van der Waals surface area contributed by atoms with Crippen LogP contribution in [0.4, 0.5) is 0 Å². The number of benzene rings is 4. The van der Waals surface area contributed by atoms with Crippen LogP contribution in [0.3, 0.4) is 0 Å². The van der Waals surface area contributed by atoms with E-state index in [1.165, 1.54) is 4.90 Å². The highest BCUT2D eigenvalue weighted by Gasteiger charge is 2.59. The zero-order valence-electron chi connectivity index (χ0n) is 53.9. The molecule has 1 N–H and O–H groups in total. The van der Waals surface area contributed by atoms with Gasteiger partial charge in [-0.25, -0.2) is 19.4 Å². The lowest BCUT2D eigenvalue weighted by Crippen LogP contribution is -2.44. The SMILES string of the molecule is CCCc1nc2ccc(-c3nc4ccccc4n3C)cc2n1Cc1ccc(-c2ccccc2C(=O)OCCOCCOCCOCCn2cc(CN(CCCCCCN3C(=O)[C@@H]4C5C=CC(C5)[C@@H]4C3=O)C(=O)CCC(=O)NC(C)(C)CCOC(C)CC)nn2)cc1. The van der Waals surface area contributed by atoms with Crippen LogP contribution in [0.1, 0.15) is 126 Å². The molecule has 1 saturated heterocycles. The Labute approximate surface area is 534 Å². The van der Waals surface area contributed by atoms with Crippen LogP contribution >= 0.6 is 0 Å². The highest BCUT2D eigenvalue weighted by atomic mass is 16.6. The zero-order chi connectivity index (χ0) is 63.9. The molecule has 3 unspecified atom stereocenters. The monoisotopic (exact) mass is 1240 g/mol. The first-order valence-electron chi connectivity index (χ1n) is 32.8. The lowest BCUT2D eigenvalue weighted by molar-refractivity contribution is -0.141. The van der Waals surface area contributed by atoms with Gasteiger partial charge < -0.3 is 43.0 Å². The Kier molecular flexibility index (Phi) is 22.8. The van der Waals surface area contributed by atoms with Crippen molar-refractivity contribution in [1.82, 2.24) is 49.2 Å². The number of nitrogens with one attached hydrogen (secondary N) is 1. The molecule has 2 aliphatic carbocycles. The third-order valence-electron chi connectivity index (χ3n) is 17.9. The van der Waals surface area contributed by atoms with Gasteiger partial charge in [0.2, 0.25) is 23.6 Å². The number of nitrogens with zero attached hydrogens (tertiary/aromatic N) is 9. The topological polar surface area (TPSA) is 216 Å². The predicted molar refractivity (Wildman–Crippen MR) is 347 cm³/mol. The van der Waals surface area contributed by atoms with Crippen LogP contribution in [0.25, 0.3) is 44.6 Å². The van der Waals surface area contributed by atoms with Gasteiger partial charge in [-0.05, 0) is 124 Å². The van der Waals surface area contributed by atoms with E-state index in [0.29, 0.717) is 96.3 Å². The number of aryl methyl sites for hydroxylation is 2. The van der Waals surface area contributed by atoms with E-state index < -0.39 is 11.5 Å². The number of ether oxygens (including phenoxy) is 5. The van der Waals surface area contributed by atoms with Gasteiger partial charge in [-0.1, -0.05) is 98.7 Å². The molecule has 4 amide bonds. The van der Waals surface area contributed by atoms with Crippen LogP contribution in [0.2, 0.25) is 0 Å². The number of para-hydroxylation sites is 2. The van der Waals surface area contributed by atoms with Crippen molar-refractivity contribution in [2.24, 2.45) is 30.7 Å². The normalized spacial score (nSPS) is 17.2. The summed E-state index contributed by atoms with van der Waals surface area (Å²) in [4.78, 5) is 79.9. The quantitative estimate of drug-likeness (QED) is 0.0166. The predicted octanol–water partition coefficient (Wildman–Crippen LogP) is 10.3. The molecule has 4 aromatic carbocycles. The number of fused-ring (bicyclic) bond motifs is 7. The molecule has 20 heteroatoms. The highest BCUT2D eigenvalue weighted by molar-refractivity contribution is 6.06. The molecule has 0 radical (unpaired) electrons. The molecule has 7 aromatic rings. The maximum absolute atomic E-state index is 13.8. The molecular formula is C71H90N10O10. The summed E-state index contributed by atoms with van der Waals surface area (Å²) in [6.45, 7) is 15.0. The van der Waals surface area contributed by atoms with E-state index in [9.17, 15) is 24.0 Å².